The van der Waals surface area contributed by atoms with Gasteiger partial charge in [-0.2, -0.15) is 0 Å². The maximum atomic E-state index is 13.5. The third kappa shape index (κ3) is 3.75. The van der Waals surface area contributed by atoms with Crippen LogP contribution in [0.25, 0.3) is 0 Å². The molecule has 0 aromatic heterocycles. The van der Waals surface area contributed by atoms with Gasteiger partial charge in [0, 0.05) is 18.2 Å². The minimum Gasteiger partial charge on any atom is -0.496 e. The molecule has 2 aromatic carbocycles. The highest BCUT2D eigenvalue weighted by molar-refractivity contribution is 5.74. The highest BCUT2D eigenvalue weighted by Gasteiger charge is 2.38. The van der Waals surface area contributed by atoms with Gasteiger partial charge in [-0.25, -0.2) is 4.39 Å². The molecule has 0 amide bonds. The third-order valence-electron chi connectivity index (χ3n) is 5.13. The molecule has 1 N–H and O–H groups in total. The average molecular weight is 389 g/mol. The first-order chi connectivity index (χ1) is 13.5. The van der Waals surface area contributed by atoms with Crippen LogP contribution in [0.1, 0.15) is 30.0 Å². The van der Waals surface area contributed by atoms with E-state index in [9.17, 15) is 14.3 Å². The fourth-order valence-electron chi connectivity index (χ4n) is 3.82. The van der Waals surface area contributed by atoms with Gasteiger partial charge in [0.15, 0.2) is 11.5 Å². The van der Waals surface area contributed by atoms with Gasteiger partial charge < -0.3 is 19.3 Å². The molecule has 2 aromatic rings. The molecule has 150 valence electrons. The van der Waals surface area contributed by atoms with E-state index in [0.29, 0.717) is 30.2 Å². The number of aliphatic carboxylic acids is 1. The van der Waals surface area contributed by atoms with E-state index in [-0.39, 0.29) is 5.82 Å². The Morgan fingerprint density at radius 2 is 1.68 bits per heavy atom. The Morgan fingerprint density at radius 1 is 1.07 bits per heavy atom. The summed E-state index contributed by atoms with van der Waals surface area (Å²) in [5.41, 5.74) is 1.51. The summed E-state index contributed by atoms with van der Waals surface area (Å²) in [5, 5.41) is 9.70. The van der Waals surface area contributed by atoms with Crippen LogP contribution in [-0.4, -0.2) is 49.9 Å². The minimum absolute atomic E-state index is 0.349. The molecule has 1 saturated heterocycles. The van der Waals surface area contributed by atoms with Crippen LogP contribution < -0.4 is 14.2 Å². The maximum absolute atomic E-state index is 13.5. The van der Waals surface area contributed by atoms with Crippen molar-refractivity contribution < 1.29 is 28.5 Å². The average Bonchev–Trinajstić information content (AvgIpc) is 3.18. The molecular weight excluding hydrogens is 365 g/mol. The number of hydrogen-bond donors (Lipinski definition) is 1. The zero-order chi connectivity index (χ0) is 20.3. The Balaban J connectivity index is 2.19. The van der Waals surface area contributed by atoms with Crippen molar-refractivity contribution in [2.24, 2.45) is 0 Å². The first-order valence-electron chi connectivity index (χ1n) is 9.04. The Morgan fingerprint density at radius 3 is 2.25 bits per heavy atom. The van der Waals surface area contributed by atoms with Gasteiger partial charge in [-0.05, 0) is 36.6 Å². The molecule has 0 bridgehead atoms. The smallest absolute Gasteiger partial charge is 0.320 e. The molecule has 0 spiro atoms. The Kier molecular flexibility index (Phi) is 6.04. The number of methoxy groups -OCH3 is 3. The number of ether oxygens (including phenoxy) is 3. The van der Waals surface area contributed by atoms with Crippen molar-refractivity contribution in [1.29, 1.82) is 0 Å². The first-order valence-corrected chi connectivity index (χ1v) is 9.04. The number of hydrogen-bond acceptors (Lipinski definition) is 5. The largest absolute Gasteiger partial charge is 0.496 e. The summed E-state index contributed by atoms with van der Waals surface area (Å²) >= 11 is 0. The van der Waals surface area contributed by atoms with Crippen LogP contribution in [0.5, 0.6) is 17.2 Å². The van der Waals surface area contributed by atoms with E-state index < -0.39 is 18.1 Å². The quantitative estimate of drug-likeness (QED) is 0.782. The molecule has 3 rings (SSSR count). The van der Waals surface area contributed by atoms with Crippen LogP contribution in [0.15, 0.2) is 36.4 Å². The number of rotatable bonds is 7. The molecule has 0 saturated carbocycles. The van der Waals surface area contributed by atoms with E-state index in [1.165, 1.54) is 26.4 Å². The Bertz CT molecular complexity index is 839. The van der Waals surface area contributed by atoms with E-state index in [0.717, 1.165) is 17.5 Å². The van der Waals surface area contributed by atoms with Crippen molar-refractivity contribution in [1.82, 2.24) is 4.90 Å². The molecule has 1 heterocycles. The van der Waals surface area contributed by atoms with Crippen LogP contribution in [0, 0.1) is 5.82 Å². The lowest BCUT2D eigenvalue weighted by molar-refractivity contribution is -0.142. The monoisotopic (exact) mass is 389 g/mol. The molecular formula is C21H24FNO5. The summed E-state index contributed by atoms with van der Waals surface area (Å²) in [5.74, 6) is 0.346. The van der Waals surface area contributed by atoms with Gasteiger partial charge in [0.1, 0.15) is 17.6 Å². The predicted molar refractivity (Wildman–Crippen MR) is 102 cm³/mol. The second-order valence-electron chi connectivity index (χ2n) is 6.64. The number of carboxylic acid groups (broad SMARTS) is 1. The fraction of sp³-hybridized carbons (Fsp3) is 0.381. The van der Waals surface area contributed by atoms with Crippen molar-refractivity contribution in [2.45, 2.75) is 24.9 Å². The van der Waals surface area contributed by atoms with Crippen LogP contribution in [0.2, 0.25) is 0 Å². The fourth-order valence-corrected chi connectivity index (χ4v) is 3.82. The van der Waals surface area contributed by atoms with Crippen LogP contribution in [-0.2, 0) is 4.79 Å². The molecule has 1 aliphatic heterocycles. The molecule has 1 aliphatic rings. The molecule has 0 aliphatic carbocycles. The van der Waals surface area contributed by atoms with Crippen molar-refractivity contribution in [3.05, 3.63) is 53.3 Å². The SMILES string of the molecule is COc1cc(OC)c(C(c2ccc(F)cc2)N2CCCC2C(=O)O)cc1OC. The van der Waals surface area contributed by atoms with Crippen LogP contribution in [0.3, 0.4) is 0 Å². The van der Waals surface area contributed by atoms with Crippen LogP contribution in [0.4, 0.5) is 4.39 Å². The van der Waals surface area contributed by atoms with E-state index in [1.807, 2.05) is 4.90 Å². The van der Waals surface area contributed by atoms with Crippen molar-refractivity contribution in [2.75, 3.05) is 27.9 Å². The lowest BCUT2D eigenvalue weighted by Crippen LogP contribution is -2.39. The molecule has 6 nitrogen and oxygen atoms in total. The zero-order valence-electron chi connectivity index (χ0n) is 16.1. The van der Waals surface area contributed by atoms with Crippen LogP contribution >= 0.6 is 0 Å². The predicted octanol–water partition coefficient (Wildman–Crippen LogP) is 3.49. The lowest BCUT2D eigenvalue weighted by Gasteiger charge is -2.33. The van der Waals surface area contributed by atoms with Gasteiger partial charge >= 0.3 is 5.97 Å². The van der Waals surface area contributed by atoms with Gasteiger partial charge in [0.2, 0.25) is 0 Å². The number of benzene rings is 2. The van der Waals surface area contributed by atoms with E-state index >= 15 is 0 Å². The summed E-state index contributed by atoms with van der Waals surface area (Å²) in [6, 6.07) is 8.55. The number of likely N-dealkylation sites (tertiary alicyclic amines) is 1. The van der Waals surface area contributed by atoms with Crippen molar-refractivity contribution in [3.8, 4) is 17.2 Å². The molecule has 0 radical (unpaired) electrons. The Hall–Kier alpha value is -2.80. The van der Waals surface area contributed by atoms with E-state index in [1.54, 1.807) is 31.4 Å². The van der Waals surface area contributed by atoms with E-state index in [2.05, 4.69) is 0 Å². The normalized spacial score (nSPS) is 17.9. The summed E-state index contributed by atoms with van der Waals surface area (Å²) < 4.78 is 29.9. The van der Waals surface area contributed by atoms with Gasteiger partial charge in [0.25, 0.3) is 0 Å². The van der Waals surface area contributed by atoms with Crippen molar-refractivity contribution in [3.63, 3.8) is 0 Å². The topological polar surface area (TPSA) is 68.2 Å². The second kappa shape index (κ2) is 8.48. The highest BCUT2D eigenvalue weighted by Crippen LogP contribution is 2.43. The van der Waals surface area contributed by atoms with Gasteiger partial charge in [-0.3, -0.25) is 9.69 Å². The third-order valence-corrected chi connectivity index (χ3v) is 5.13. The summed E-state index contributed by atoms with van der Waals surface area (Å²) in [6.07, 6.45) is 1.33. The summed E-state index contributed by atoms with van der Waals surface area (Å²) in [6.45, 7) is 0.608. The second-order valence-corrected chi connectivity index (χ2v) is 6.64. The number of carbonyl (C=O) groups is 1. The summed E-state index contributed by atoms with van der Waals surface area (Å²) in [4.78, 5) is 13.7. The highest BCUT2D eigenvalue weighted by atomic mass is 19.1. The number of nitrogens with zero attached hydrogens (tertiary/aromatic N) is 1. The molecule has 28 heavy (non-hydrogen) atoms. The van der Waals surface area contributed by atoms with Gasteiger partial charge in [-0.15, -0.1) is 0 Å². The molecule has 1 fully saturated rings. The summed E-state index contributed by atoms with van der Waals surface area (Å²) in [7, 11) is 4.62. The van der Waals surface area contributed by atoms with E-state index in [4.69, 9.17) is 14.2 Å². The number of carboxylic acids is 1. The first kappa shape index (κ1) is 19.9. The zero-order valence-corrected chi connectivity index (χ0v) is 16.1. The molecule has 2 unspecified atom stereocenters. The molecule has 7 heteroatoms. The standard InChI is InChI=1S/C21H24FNO5/c1-26-17-12-19(28-3)18(27-2)11-15(17)20(13-6-8-14(22)9-7-13)23-10-4-5-16(23)21(24)25/h6-9,11-12,16,20H,4-5,10H2,1-3H3,(H,24,25). The van der Waals surface area contributed by atoms with Gasteiger partial charge in [0.05, 0.1) is 27.4 Å². The minimum atomic E-state index is -0.871. The Labute approximate surface area is 163 Å². The molecule has 2 atom stereocenters. The maximum Gasteiger partial charge on any atom is 0.320 e. The van der Waals surface area contributed by atoms with Gasteiger partial charge in [-0.1, -0.05) is 12.1 Å². The lowest BCUT2D eigenvalue weighted by atomic mass is 9.94. The van der Waals surface area contributed by atoms with Crippen molar-refractivity contribution >= 4 is 5.97 Å². The number of halogens is 1.